The van der Waals surface area contributed by atoms with E-state index in [-0.39, 0.29) is 18.0 Å². The summed E-state index contributed by atoms with van der Waals surface area (Å²) in [6.45, 7) is 4.21. The van der Waals surface area contributed by atoms with Crippen molar-refractivity contribution in [3.63, 3.8) is 0 Å². The number of carbonyl (C=O) groups excluding carboxylic acids is 1. The molecular formula is C17H20N2O2. The van der Waals surface area contributed by atoms with Gasteiger partial charge in [0.15, 0.2) is 11.5 Å². The second kappa shape index (κ2) is 5.72. The van der Waals surface area contributed by atoms with Gasteiger partial charge in [-0.1, -0.05) is 35.5 Å². The fourth-order valence-corrected chi connectivity index (χ4v) is 3.07. The number of piperidine rings is 1. The monoisotopic (exact) mass is 284 g/mol. The average Bonchev–Trinajstić information content (AvgIpc) is 2.97. The minimum absolute atomic E-state index is 0.0272. The fraction of sp³-hybridized carbons (Fsp3) is 0.412. The van der Waals surface area contributed by atoms with Gasteiger partial charge >= 0.3 is 0 Å². The van der Waals surface area contributed by atoms with Crippen molar-refractivity contribution in [2.24, 2.45) is 0 Å². The van der Waals surface area contributed by atoms with Crippen molar-refractivity contribution in [2.45, 2.75) is 45.2 Å². The number of amides is 1. The number of likely N-dealkylation sites (tertiary alicyclic amines) is 1. The van der Waals surface area contributed by atoms with Crippen LogP contribution >= 0.6 is 0 Å². The summed E-state index contributed by atoms with van der Waals surface area (Å²) in [5, 5.41) is 3.97. The maximum atomic E-state index is 12.7. The van der Waals surface area contributed by atoms with Crippen LogP contribution in [0.4, 0.5) is 0 Å². The molecule has 2 aromatic rings. The summed E-state index contributed by atoms with van der Waals surface area (Å²) in [5.41, 5.74) is 1.33. The second-order valence-corrected chi connectivity index (χ2v) is 5.78. The summed E-state index contributed by atoms with van der Waals surface area (Å²) in [6.07, 6.45) is 3.29. The molecule has 0 aliphatic carbocycles. The highest BCUT2D eigenvalue weighted by Crippen LogP contribution is 2.26. The number of rotatable bonds is 2. The third-order valence-electron chi connectivity index (χ3n) is 4.22. The van der Waals surface area contributed by atoms with E-state index in [0.717, 1.165) is 18.4 Å². The minimum Gasteiger partial charge on any atom is -0.355 e. The molecule has 110 valence electrons. The molecule has 3 rings (SSSR count). The molecule has 1 aromatic carbocycles. The van der Waals surface area contributed by atoms with Crippen molar-refractivity contribution < 1.29 is 9.32 Å². The van der Waals surface area contributed by atoms with E-state index >= 15 is 0 Å². The maximum absolute atomic E-state index is 12.7. The van der Waals surface area contributed by atoms with Gasteiger partial charge in [-0.15, -0.1) is 0 Å². The zero-order valence-corrected chi connectivity index (χ0v) is 12.5. The lowest BCUT2D eigenvalue weighted by Gasteiger charge is -2.38. The predicted molar refractivity (Wildman–Crippen MR) is 80.9 cm³/mol. The highest BCUT2D eigenvalue weighted by Gasteiger charge is 2.31. The first-order valence-electron chi connectivity index (χ1n) is 7.51. The van der Waals surface area contributed by atoms with Gasteiger partial charge in [0.05, 0.1) is 0 Å². The summed E-state index contributed by atoms with van der Waals surface area (Å²) in [7, 11) is 0. The van der Waals surface area contributed by atoms with Gasteiger partial charge in [-0.25, -0.2) is 0 Å². The number of nitrogens with zero attached hydrogens (tertiary/aromatic N) is 2. The smallest absolute Gasteiger partial charge is 0.276 e. The zero-order chi connectivity index (χ0) is 14.8. The van der Waals surface area contributed by atoms with Crippen molar-refractivity contribution in [1.29, 1.82) is 0 Å². The fourth-order valence-electron chi connectivity index (χ4n) is 3.07. The molecule has 4 nitrogen and oxygen atoms in total. The van der Waals surface area contributed by atoms with Crippen molar-refractivity contribution in [2.75, 3.05) is 0 Å². The number of carbonyl (C=O) groups is 1. The zero-order valence-electron chi connectivity index (χ0n) is 12.5. The van der Waals surface area contributed by atoms with E-state index in [9.17, 15) is 4.79 Å². The van der Waals surface area contributed by atoms with Gasteiger partial charge in [0, 0.05) is 23.7 Å². The standard InChI is InChI=1S/C17H20N2O2/c1-12-7-6-8-13(2)19(12)17(20)15-11-16(21-18-15)14-9-4-3-5-10-14/h3-5,9-13H,6-8H2,1-2H3. The van der Waals surface area contributed by atoms with Crippen molar-refractivity contribution in [1.82, 2.24) is 10.1 Å². The van der Waals surface area contributed by atoms with Crippen LogP contribution in [0.1, 0.15) is 43.6 Å². The molecule has 2 atom stereocenters. The molecule has 1 aromatic heterocycles. The number of benzene rings is 1. The molecule has 0 bridgehead atoms. The van der Waals surface area contributed by atoms with E-state index in [1.54, 1.807) is 6.07 Å². The van der Waals surface area contributed by atoms with Crippen LogP contribution in [0, 0.1) is 0 Å². The Morgan fingerprint density at radius 2 is 1.86 bits per heavy atom. The number of hydrogen-bond donors (Lipinski definition) is 0. The molecule has 0 N–H and O–H groups in total. The molecular weight excluding hydrogens is 264 g/mol. The van der Waals surface area contributed by atoms with Gasteiger partial charge in [0.2, 0.25) is 0 Å². The number of aromatic nitrogens is 1. The highest BCUT2D eigenvalue weighted by atomic mass is 16.5. The lowest BCUT2D eigenvalue weighted by molar-refractivity contribution is 0.0500. The largest absolute Gasteiger partial charge is 0.355 e. The van der Waals surface area contributed by atoms with Crippen LogP contribution in [0.3, 0.4) is 0 Å². The highest BCUT2D eigenvalue weighted by molar-refractivity contribution is 5.93. The van der Waals surface area contributed by atoms with E-state index < -0.39 is 0 Å². The van der Waals surface area contributed by atoms with Crippen LogP contribution in [0.25, 0.3) is 11.3 Å². The van der Waals surface area contributed by atoms with Crippen molar-refractivity contribution >= 4 is 5.91 Å². The minimum atomic E-state index is -0.0272. The van der Waals surface area contributed by atoms with Gasteiger partial charge in [-0.05, 0) is 33.1 Å². The Balaban J connectivity index is 1.84. The molecule has 1 saturated heterocycles. The van der Waals surface area contributed by atoms with Gasteiger partial charge < -0.3 is 9.42 Å². The third-order valence-corrected chi connectivity index (χ3v) is 4.22. The summed E-state index contributed by atoms with van der Waals surface area (Å²) in [4.78, 5) is 14.6. The molecule has 1 aliphatic heterocycles. The molecule has 21 heavy (non-hydrogen) atoms. The van der Waals surface area contributed by atoms with Crippen LogP contribution < -0.4 is 0 Å². The van der Waals surface area contributed by atoms with Crippen LogP contribution in [0.2, 0.25) is 0 Å². The Labute approximate surface area is 124 Å². The molecule has 0 radical (unpaired) electrons. The maximum Gasteiger partial charge on any atom is 0.276 e. The molecule has 4 heteroatoms. The Morgan fingerprint density at radius 1 is 1.19 bits per heavy atom. The van der Waals surface area contributed by atoms with E-state index in [1.165, 1.54) is 6.42 Å². The number of hydrogen-bond acceptors (Lipinski definition) is 3. The van der Waals surface area contributed by atoms with Gasteiger partial charge in [0.1, 0.15) is 0 Å². The van der Waals surface area contributed by atoms with Crippen LogP contribution in [-0.2, 0) is 0 Å². The SMILES string of the molecule is CC1CCCC(C)N1C(=O)c1cc(-c2ccccc2)on1. The lowest BCUT2D eigenvalue weighted by atomic mass is 9.97. The first-order valence-corrected chi connectivity index (χ1v) is 7.51. The van der Waals surface area contributed by atoms with Crippen LogP contribution in [0.15, 0.2) is 40.9 Å². The van der Waals surface area contributed by atoms with Crippen LogP contribution in [-0.4, -0.2) is 28.0 Å². The van der Waals surface area contributed by atoms with Crippen molar-refractivity contribution in [3.8, 4) is 11.3 Å². The third kappa shape index (κ3) is 2.71. The van der Waals surface area contributed by atoms with Crippen molar-refractivity contribution in [3.05, 3.63) is 42.1 Å². The Kier molecular flexibility index (Phi) is 3.78. The van der Waals surface area contributed by atoms with E-state index in [1.807, 2.05) is 35.2 Å². The Bertz CT molecular complexity index is 611. The summed E-state index contributed by atoms with van der Waals surface area (Å²) < 4.78 is 5.34. The molecule has 1 amide bonds. The van der Waals surface area contributed by atoms with E-state index in [0.29, 0.717) is 11.5 Å². The van der Waals surface area contributed by atoms with E-state index in [2.05, 4.69) is 19.0 Å². The summed E-state index contributed by atoms with van der Waals surface area (Å²) in [6, 6.07) is 12.0. The van der Waals surface area contributed by atoms with E-state index in [4.69, 9.17) is 4.52 Å². The molecule has 0 spiro atoms. The van der Waals surface area contributed by atoms with Gasteiger partial charge in [-0.2, -0.15) is 0 Å². The lowest BCUT2D eigenvalue weighted by Crippen LogP contribution is -2.47. The molecule has 0 saturated carbocycles. The molecule has 1 aliphatic rings. The average molecular weight is 284 g/mol. The molecule has 1 fully saturated rings. The predicted octanol–water partition coefficient (Wildman–Crippen LogP) is 3.74. The summed E-state index contributed by atoms with van der Waals surface area (Å²) in [5.74, 6) is 0.608. The first kappa shape index (κ1) is 13.9. The van der Waals surface area contributed by atoms with Gasteiger partial charge in [-0.3, -0.25) is 4.79 Å². The Hall–Kier alpha value is -2.10. The van der Waals surface area contributed by atoms with Gasteiger partial charge in [0.25, 0.3) is 5.91 Å². The van der Waals surface area contributed by atoms with Crippen LogP contribution in [0.5, 0.6) is 0 Å². The molecule has 2 heterocycles. The first-order chi connectivity index (χ1) is 10.2. The normalized spacial score (nSPS) is 22.3. The Morgan fingerprint density at radius 3 is 2.52 bits per heavy atom. The second-order valence-electron chi connectivity index (χ2n) is 5.78. The summed E-state index contributed by atoms with van der Waals surface area (Å²) >= 11 is 0. The quantitative estimate of drug-likeness (QED) is 0.844. The molecule has 2 unspecified atom stereocenters. The topological polar surface area (TPSA) is 46.3 Å².